The second-order valence-electron chi connectivity index (χ2n) is 15.9. The van der Waals surface area contributed by atoms with Gasteiger partial charge in [-0.15, -0.1) is 0 Å². The van der Waals surface area contributed by atoms with E-state index in [0.29, 0.717) is 45.9 Å². The molecule has 8 nitrogen and oxygen atoms in total. The number of benzene rings is 8. The van der Waals surface area contributed by atoms with Crippen molar-refractivity contribution in [1.82, 2.24) is 39.9 Å². The summed E-state index contributed by atoms with van der Waals surface area (Å²) in [6.45, 7) is 0. The molecule has 0 saturated carbocycles. The zero-order valence-corrected chi connectivity index (χ0v) is 40.2. The summed E-state index contributed by atoms with van der Waals surface area (Å²) >= 11 is 6.68. The minimum absolute atomic E-state index is 0. The molecule has 8 bridgehead atoms. The van der Waals surface area contributed by atoms with E-state index >= 15 is 0 Å². The quantitative estimate of drug-likeness (QED) is 0.135. The molecule has 0 saturated heterocycles. The van der Waals surface area contributed by atoms with E-state index in [-0.39, 0.29) is 17.1 Å². The molecule has 0 fully saturated rings. The standard InChI is InChI=1S/C56H32N8S4.Cu/c1-5-17-33(18-6-1)65-41-29-13-25-37-45(41)53-57-49(37)62-54-47-39(27-15-31-43(47)67-35-21-9-3-10-22-35)51(59-54)64-56-48-40(28-16-32-44(48)68-36-23-11-4-12-24-36)52(60-56)63-55-46-38(50(58-55)61-53)26-14-30-42(46)66-34-19-7-2-8-20-34;/h1-32H;/q-2;+2. The van der Waals surface area contributed by atoms with Crippen molar-refractivity contribution in [3.8, 4) is 45.6 Å². The number of hydrogen-bond acceptors (Lipinski definition) is 10. The third-order valence-corrected chi connectivity index (χ3v) is 15.8. The monoisotopic (exact) mass is 1010 g/mol. The van der Waals surface area contributed by atoms with Crippen LogP contribution in [-0.4, -0.2) is 29.9 Å². The largest absolute Gasteiger partial charge is 2.00 e. The molecule has 0 atom stereocenters. The zero-order chi connectivity index (χ0) is 45.0. The van der Waals surface area contributed by atoms with Crippen LogP contribution in [0.1, 0.15) is 0 Å². The van der Waals surface area contributed by atoms with Gasteiger partial charge < -0.3 is 29.9 Å². The van der Waals surface area contributed by atoms with E-state index in [4.69, 9.17) is 39.9 Å². The smallest absolute Gasteiger partial charge is 0.357 e. The maximum absolute atomic E-state index is 5.40. The molecule has 13 rings (SSSR count). The van der Waals surface area contributed by atoms with E-state index in [1.165, 1.54) is 0 Å². The van der Waals surface area contributed by atoms with Crippen LogP contribution in [0.2, 0.25) is 0 Å². The number of hydrogen-bond donors (Lipinski definition) is 0. The summed E-state index contributed by atoms with van der Waals surface area (Å²) in [4.78, 5) is 51.2. The number of aromatic nitrogens is 8. The van der Waals surface area contributed by atoms with Crippen molar-refractivity contribution in [2.45, 2.75) is 39.2 Å². The van der Waals surface area contributed by atoms with Crippen LogP contribution in [0.15, 0.2) is 233 Å². The molecule has 0 spiro atoms. The van der Waals surface area contributed by atoms with E-state index < -0.39 is 0 Å². The van der Waals surface area contributed by atoms with Gasteiger partial charge in [-0.25, -0.2) is 9.97 Å². The minimum atomic E-state index is 0. The Labute approximate surface area is 423 Å². The first kappa shape index (κ1) is 43.3. The molecule has 2 aliphatic rings. The maximum Gasteiger partial charge on any atom is 2.00 e. The molecule has 13 heteroatoms. The SMILES string of the molecule is [Cu+2].c1ccc(Sc2cccc3c2-c2nc-3nc3[n-]c(nc4nc(nc5[n-]c(n2)c2cccc(Sc6ccccc6)c52)-c2cccc(Sc5ccccc5)c2-4)c2cccc(Sc4ccccc4)c32)cc1. The topological polar surface area (TPSA) is 106 Å². The summed E-state index contributed by atoms with van der Waals surface area (Å²) in [5.74, 6) is 2.04. The third-order valence-electron chi connectivity index (χ3n) is 11.5. The van der Waals surface area contributed by atoms with E-state index in [0.717, 1.165) is 83.0 Å². The summed E-state index contributed by atoms with van der Waals surface area (Å²) < 4.78 is 0. The fraction of sp³-hybridized carbons (Fsp3) is 0. The average Bonchev–Trinajstić information content (AvgIpc) is 4.12. The van der Waals surface area contributed by atoms with Gasteiger partial charge in [-0.3, -0.25) is 0 Å². The second kappa shape index (κ2) is 18.5. The van der Waals surface area contributed by atoms with Gasteiger partial charge in [0.2, 0.25) is 0 Å². The van der Waals surface area contributed by atoms with Crippen LogP contribution in [-0.2, 0) is 17.1 Å². The van der Waals surface area contributed by atoms with Crippen molar-refractivity contribution in [2.24, 2.45) is 0 Å². The van der Waals surface area contributed by atoms with Crippen molar-refractivity contribution in [1.29, 1.82) is 0 Å². The summed E-state index contributed by atoms with van der Waals surface area (Å²) in [6.07, 6.45) is 0. The maximum atomic E-state index is 5.40. The molecule has 69 heavy (non-hydrogen) atoms. The van der Waals surface area contributed by atoms with Crippen LogP contribution in [0.25, 0.3) is 89.7 Å². The molecule has 331 valence electrons. The predicted octanol–water partition coefficient (Wildman–Crippen LogP) is 14.7. The van der Waals surface area contributed by atoms with Crippen LogP contribution < -0.4 is 9.97 Å². The Kier molecular flexibility index (Phi) is 11.6. The normalized spacial score (nSPS) is 11.6. The van der Waals surface area contributed by atoms with Crippen LogP contribution in [0.3, 0.4) is 0 Å². The second-order valence-corrected chi connectivity index (χ2v) is 20.3. The van der Waals surface area contributed by atoms with Gasteiger partial charge in [-0.1, -0.05) is 168 Å². The van der Waals surface area contributed by atoms with Gasteiger partial charge in [0.15, 0.2) is 0 Å². The Hall–Kier alpha value is -6.96. The van der Waals surface area contributed by atoms with E-state index in [1.54, 1.807) is 47.0 Å². The summed E-state index contributed by atoms with van der Waals surface area (Å²) in [5.41, 5.74) is 5.51. The van der Waals surface area contributed by atoms with Crippen LogP contribution in [0.5, 0.6) is 0 Å². The average molecular weight is 1010 g/mol. The van der Waals surface area contributed by atoms with Crippen molar-refractivity contribution in [3.63, 3.8) is 0 Å². The Balaban J connectivity index is 0.00000492. The molecule has 2 aliphatic heterocycles. The molecule has 0 amide bonds. The number of fused-ring (bicyclic) bond motifs is 20. The first-order valence-corrected chi connectivity index (χ1v) is 25.1. The van der Waals surface area contributed by atoms with Gasteiger partial charge in [0.05, 0.1) is 23.3 Å². The summed E-state index contributed by atoms with van der Waals surface area (Å²) in [6, 6.07) is 66.4. The number of rotatable bonds is 8. The molecule has 8 aromatic carbocycles. The van der Waals surface area contributed by atoms with Crippen LogP contribution >= 0.6 is 47.0 Å². The van der Waals surface area contributed by atoms with Gasteiger partial charge in [-0.05, 0) is 83.6 Å². The van der Waals surface area contributed by atoms with Crippen LogP contribution in [0, 0.1) is 0 Å². The predicted molar refractivity (Wildman–Crippen MR) is 276 cm³/mol. The molecule has 0 N–H and O–H groups in total. The van der Waals surface area contributed by atoms with Crippen molar-refractivity contribution in [2.75, 3.05) is 0 Å². The molecule has 3 aromatic heterocycles. The first-order chi connectivity index (χ1) is 33.7. The summed E-state index contributed by atoms with van der Waals surface area (Å²) in [7, 11) is 0. The Morgan fingerprint density at radius 2 is 0.594 bits per heavy atom. The summed E-state index contributed by atoms with van der Waals surface area (Å²) in [5, 5.41) is 3.47. The molecule has 0 unspecified atom stereocenters. The van der Waals surface area contributed by atoms with Gasteiger partial charge in [-0.2, -0.15) is 0 Å². The Morgan fingerprint density at radius 3 is 0.971 bits per heavy atom. The molecule has 1 radical (unpaired) electrons. The van der Waals surface area contributed by atoms with Crippen molar-refractivity contribution >= 4 is 91.2 Å². The minimum Gasteiger partial charge on any atom is -0.357 e. The van der Waals surface area contributed by atoms with E-state index in [9.17, 15) is 0 Å². The molecular weight excluding hydrogens is 976 g/mol. The van der Waals surface area contributed by atoms with Gasteiger partial charge >= 0.3 is 17.1 Å². The van der Waals surface area contributed by atoms with Gasteiger partial charge in [0, 0.05) is 94.8 Å². The molecular formula is C56H32CuN8S4. The fourth-order valence-corrected chi connectivity index (χ4v) is 12.5. The van der Waals surface area contributed by atoms with Gasteiger partial charge in [0.25, 0.3) is 0 Å². The Bertz CT molecular complexity index is 3670. The van der Waals surface area contributed by atoms with E-state index in [2.05, 4.69) is 170 Å². The van der Waals surface area contributed by atoms with Crippen molar-refractivity contribution < 1.29 is 17.1 Å². The third kappa shape index (κ3) is 8.20. The van der Waals surface area contributed by atoms with E-state index in [1.807, 2.05) is 24.3 Å². The molecule has 5 heterocycles. The van der Waals surface area contributed by atoms with Crippen molar-refractivity contribution in [3.05, 3.63) is 194 Å². The fourth-order valence-electron chi connectivity index (χ4n) is 8.53. The first-order valence-electron chi connectivity index (χ1n) is 21.8. The van der Waals surface area contributed by atoms with Crippen LogP contribution in [0.4, 0.5) is 0 Å². The van der Waals surface area contributed by atoms with Gasteiger partial charge in [0.1, 0.15) is 0 Å². The zero-order valence-electron chi connectivity index (χ0n) is 36.0. The molecule has 0 aliphatic carbocycles. The molecule has 11 aromatic rings. The Morgan fingerprint density at radius 1 is 0.275 bits per heavy atom. The number of nitrogens with zero attached hydrogens (tertiary/aromatic N) is 8.